The maximum atomic E-state index is 12.9. The monoisotopic (exact) mass is 383 g/mol. The van der Waals surface area contributed by atoms with E-state index >= 15 is 0 Å². The first-order valence-corrected chi connectivity index (χ1v) is 10.8. The molecule has 2 aliphatic carbocycles. The molecule has 1 saturated heterocycles. The van der Waals surface area contributed by atoms with Gasteiger partial charge in [0.15, 0.2) is 0 Å². The molecule has 1 heterocycles. The fourth-order valence-electron chi connectivity index (χ4n) is 4.63. The van der Waals surface area contributed by atoms with Crippen LogP contribution in [0.1, 0.15) is 63.0 Å². The molecule has 5 nitrogen and oxygen atoms in total. The number of nitrogens with zero attached hydrogens (tertiary/aromatic N) is 1. The van der Waals surface area contributed by atoms with Crippen molar-refractivity contribution < 1.29 is 9.59 Å². The summed E-state index contributed by atoms with van der Waals surface area (Å²) in [7, 11) is 0. The number of amides is 2. The maximum Gasteiger partial charge on any atom is 0.222 e. The molecular formula is C23H33N3O2. The Morgan fingerprint density at radius 3 is 2.36 bits per heavy atom. The zero-order valence-corrected chi connectivity index (χ0v) is 17.2. The van der Waals surface area contributed by atoms with Gasteiger partial charge in [0, 0.05) is 38.5 Å². The van der Waals surface area contributed by atoms with Crippen LogP contribution in [0.25, 0.3) is 0 Å². The van der Waals surface area contributed by atoms with Crippen LogP contribution in [0, 0.1) is 12.8 Å². The van der Waals surface area contributed by atoms with Gasteiger partial charge in [-0.3, -0.25) is 14.5 Å². The lowest BCUT2D eigenvalue weighted by atomic mass is 10.0. The third-order valence-electron chi connectivity index (χ3n) is 6.68. The van der Waals surface area contributed by atoms with Crippen molar-refractivity contribution >= 4 is 11.8 Å². The quantitative estimate of drug-likeness (QED) is 0.726. The zero-order chi connectivity index (χ0) is 19.7. The molecule has 0 spiro atoms. The van der Waals surface area contributed by atoms with Crippen LogP contribution in [-0.4, -0.2) is 41.9 Å². The predicted octanol–water partition coefficient (Wildman–Crippen LogP) is 2.87. The summed E-state index contributed by atoms with van der Waals surface area (Å²) < 4.78 is 0. The van der Waals surface area contributed by atoms with E-state index in [1.165, 1.54) is 24.0 Å². The van der Waals surface area contributed by atoms with Gasteiger partial charge in [-0.15, -0.1) is 0 Å². The van der Waals surface area contributed by atoms with Gasteiger partial charge in [0.1, 0.15) is 0 Å². The number of likely N-dealkylation sites (tertiary alicyclic amines) is 1. The van der Waals surface area contributed by atoms with E-state index in [9.17, 15) is 9.59 Å². The predicted molar refractivity (Wildman–Crippen MR) is 110 cm³/mol. The first-order chi connectivity index (χ1) is 13.4. The number of nitrogens with one attached hydrogen (secondary N) is 2. The standard InChI is InChI=1S/C23H33N3O2/c1-16-3-7-19(8-4-16)23(11-12-23)25-22(28)13-20-9-10-21(14-24-17(2)27)26(20)15-18-5-6-18/h3-4,7-8,18,20-21H,5-6,9-15H2,1-2H3,(H,24,27)(H,25,28)/t20-,21+/m0/s1. The van der Waals surface area contributed by atoms with Crippen molar-refractivity contribution in [2.24, 2.45) is 5.92 Å². The molecule has 4 rings (SSSR count). The first kappa shape index (κ1) is 19.4. The third-order valence-corrected chi connectivity index (χ3v) is 6.68. The van der Waals surface area contributed by atoms with E-state index in [2.05, 4.69) is 46.7 Å². The van der Waals surface area contributed by atoms with Crippen LogP contribution in [0.2, 0.25) is 0 Å². The summed E-state index contributed by atoms with van der Waals surface area (Å²) in [5.41, 5.74) is 2.34. The zero-order valence-electron chi connectivity index (χ0n) is 17.2. The summed E-state index contributed by atoms with van der Waals surface area (Å²) in [4.78, 5) is 26.7. The van der Waals surface area contributed by atoms with E-state index in [1.807, 2.05) is 0 Å². The molecule has 3 aliphatic rings. The van der Waals surface area contributed by atoms with Crippen LogP contribution in [0.5, 0.6) is 0 Å². The Labute approximate surface area is 168 Å². The number of aryl methyl sites for hydroxylation is 1. The van der Waals surface area contributed by atoms with E-state index in [0.717, 1.165) is 38.1 Å². The Balaban J connectivity index is 1.36. The topological polar surface area (TPSA) is 61.4 Å². The highest BCUT2D eigenvalue weighted by atomic mass is 16.2. The van der Waals surface area contributed by atoms with Gasteiger partial charge in [0.25, 0.3) is 0 Å². The molecule has 152 valence electrons. The lowest BCUT2D eigenvalue weighted by molar-refractivity contribution is -0.123. The molecule has 28 heavy (non-hydrogen) atoms. The number of hydrogen-bond acceptors (Lipinski definition) is 3. The molecule has 3 fully saturated rings. The molecule has 0 unspecified atom stereocenters. The summed E-state index contributed by atoms with van der Waals surface area (Å²) >= 11 is 0. The Bertz CT molecular complexity index is 722. The van der Waals surface area contributed by atoms with Crippen molar-refractivity contribution in [2.45, 2.75) is 76.4 Å². The minimum absolute atomic E-state index is 0.0290. The van der Waals surface area contributed by atoms with Crippen LogP contribution in [-0.2, 0) is 15.1 Å². The van der Waals surface area contributed by atoms with Gasteiger partial charge >= 0.3 is 0 Å². The second kappa shape index (κ2) is 7.86. The number of benzene rings is 1. The van der Waals surface area contributed by atoms with E-state index < -0.39 is 0 Å². The Kier molecular flexibility index (Phi) is 5.46. The van der Waals surface area contributed by atoms with Crippen LogP contribution in [0.3, 0.4) is 0 Å². The van der Waals surface area contributed by atoms with Crippen LogP contribution in [0.4, 0.5) is 0 Å². The molecule has 5 heteroatoms. The van der Waals surface area contributed by atoms with E-state index in [0.29, 0.717) is 25.0 Å². The normalized spacial score (nSPS) is 26.1. The van der Waals surface area contributed by atoms with Gasteiger partial charge < -0.3 is 10.6 Å². The fraction of sp³-hybridized carbons (Fsp3) is 0.652. The number of carbonyl (C=O) groups is 2. The molecule has 0 bridgehead atoms. The Morgan fingerprint density at radius 1 is 1.07 bits per heavy atom. The number of hydrogen-bond donors (Lipinski definition) is 2. The molecule has 2 atom stereocenters. The average Bonchev–Trinajstić information content (AvgIpc) is 3.56. The van der Waals surface area contributed by atoms with Crippen molar-refractivity contribution in [3.05, 3.63) is 35.4 Å². The highest BCUT2D eigenvalue weighted by Crippen LogP contribution is 2.45. The Hall–Kier alpha value is -1.88. The molecule has 0 aromatic heterocycles. The molecule has 1 aliphatic heterocycles. The summed E-state index contributed by atoms with van der Waals surface area (Å²) in [5, 5.41) is 6.33. The van der Waals surface area contributed by atoms with Crippen LogP contribution < -0.4 is 10.6 Å². The van der Waals surface area contributed by atoms with E-state index in [-0.39, 0.29) is 17.4 Å². The smallest absolute Gasteiger partial charge is 0.222 e. The van der Waals surface area contributed by atoms with Crippen molar-refractivity contribution in [2.75, 3.05) is 13.1 Å². The second-order valence-corrected chi connectivity index (χ2v) is 9.16. The SMILES string of the molecule is CC(=O)NC[C@H]1CC[C@@H](CC(=O)NC2(c3ccc(C)cc3)CC2)N1CC1CC1. The van der Waals surface area contributed by atoms with Crippen LogP contribution >= 0.6 is 0 Å². The number of rotatable bonds is 8. The minimum atomic E-state index is -0.139. The summed E-state index contributed by atoms with van der Waals surface area (Å²) in [6, 6.07) is 9.23. The number of carbonyl (C=O) groups excluding carboxylic acids is 2. The first-order valence-electron chi connectivity index (χ1n) is 10.8. The summed E-state index contributed by atoms with van der Waals surface area (Å²) in [6.45, 7) is 5.44. The van der Waals surface area contributed by atoms with Crippen molar-refractivity contribution in [3.63, 3.8) is 0 Å². The van der Waals surface area contributed by atoms with E-state index in [1.54, 1.807) is 6.92 Å². The fourth-order valence-corrected chi connectivity index (χ4v) is 4.63. The van der Waals surface area contributed by atoms with Gasteiger partial charge in [0.2, 0.25) is 11.8 Å². The molecule has 2 N–H and O–H groups in total. The van der Waals surface area contributed by atoms with Gasteiger partial charge in [-0.2, -0.15) is 0 Å². The summed E-state index contributed by atoms with van der Waals surface area (Å²) in [6.07, 6.45) is 7.34. The lowest BCUT2D eigenvalue weighted by Gasteiger charge is -2.30. The molecule has 1 aromatic rings. The largest absolute Gasteiger partial charge is 0.355 e. The van der Waals surface area contributed by atoms with E-state index in [4.69, 9.17) is 0 Å². The molecule has 1 aromatic carbocycles. The average molecular weight is 384 g/mol. The van der Waals surface area contributed by atoms with Gasteiger partial charge in [-0.25, -0.2) is 0 Å². The molecule has 2 saturated carbocycles. The maximum absolute atomic E-state index is 12.9. The minimum Gasteiger partial charge on any atom is -0.355 e. The van der Waals surface area contributed by atoms with Crippen molar-refractivity contribution in [3.8, 4) is 0 Å². The molecule has 2 amide bonds. The Morgan fingerprint density at radius 2 is 1.75 bits per heavy atom. The van der Waals surface area contributed by atoms with Gasteiger partial charge in [-0.05, 0) is 56.9 Å². The van der Waals surface area contributed by atoms with Crippen molar-refractivity contribution in [1.29, 1.82) is 0 Å². The molecular weight excluding hydrogens is 350 g/mol. The molecule has 0 radical (unpaired) electrons. The van der Waals surface area contributed by atoms with Crippen LogP contribution in [0.15, 0.2) is 24.3 Å². The highest BCUT2D eigenvalue weighted by molar-refractivity contribution is 5.78. The van der Waals surface area contributed by atoms with Crippen molar-refractivity contribution in [1.82, 2.24) is 15.5 Å². The second-order valence-electron chi connectivity index (χ2n) is 9.16. The van der Waals surface area contributed by atoms with Gasteiger partial charge in [-0.1, -0.05) is 29.8 Å². The highest BCUT2D eigenvalue weighted by Gasteiger charge is 2.46. The summed E-state index contributed by atoms with van der Waals surface area (Å²) in [5.74, 6) is 0.983. The lowest BCUT2D eigenvalue weighted by Crippen LogP contribution is -2.46. The third kappa shape index (κ3) is 4.57. The van der Waals surface area contributed by atoms with Gasteiger partial charge in [0.05, 0.1) is 5.54 Å².